The lowest BCUT2D eigenvalue weighted by Gasteiger charge is -2.14. The van der Waals surface area contributed by atoms with Crippen LogP contribution in [-0.4, -0.2) is 29.6 Å². The fraction of sp³-hybridized carbons (Fsp3) is 0.130. The van der Waals surface area contributed by atoms with Crippen LogP contribution in [0.3, 0.4) is 0 Å². The highest BCUT2D eigenvalue weighted by Gasteiger charge is 2.19. The molecule has 0 unspecified atom stereocenters. The number of carbonyl (C=O) groups is 2. The van der Waals surface area contributed by atoms with Crippen molar-refractivity contribution in [2.24, 2.45) is 5.73 Å². The third-order valence-corrected chi connectivity index (χ3v) is 4.67. The molecule has 3 aromatic carbocycles. The van der Waals surface area contributed by atoms with Crippen molar-refractivity contribution < 1.29 is 14.8 Å². The maximum Gasteiger partial charge on any atom is 0.267 e. The minimum absolute atomic E-state index is 0.123. The van der Waals surface area contributed by atoms with Crippen LogP contribution in [-0.2, 0) is 11.3 Å². The van der Waals surface area contributed by atoms with Crippen molar-refractivity contribution in [2.75, 3.05) is 11.9 Å². The van der Waals surface area contributed by atoms with Crippen LogP contribution in [0.4, 0.5) is 5.69 Å². The van der Waals surface area contributed by atoms with Crippen molar-refractivity contribution in [3.63, 3.8) is 0 Å². The number of hydrogen-bond donors (Lipinski definition) is 5. The Kier molecular flexibility index (Phi) is 7.15. The van der Waals surface area contributed by atoms with Crippen molar-refractivity contribution in [1.29, 1.82) is 0 Å². The van der Waals surface area contributed by atoms with Crippen LogP contribution in [0, 0.1) is 0 Å². The number of anilines is 1. The summed E-state index contributed by atoms with van der Waals surface area (Å²) in [5.41, 5.74) is 11.6. The summed E-state index contributed by atoms with van der Waals surface area (Å²) in [6.45, 7) is 0.606. The van der Waals surface area contributed by atoms with Crippen LogP contribution in [0.5, 0.6) is 0 Å². The van der Waals surface area contributed by atoms with Gasteiger partial charge < -0.3 is 16.4 Å². The molecular formula is C23H24N4O3. The number of rotatable bonds is 8. The molecule has 0 bridgehead atoms. The molecule has 0 saturated carbocycles. The topological polar surface area (TPSA) is 116 Å². The van der Waals surface area contributed by atoms with E-state index in [0.29, 0.717) is 5.56 Å². The molecule has 0 aliphatic rings. The van der Waals surface area contributed by atoms with Gasteiger partial charge in [-0.1, -0.05) is 54.6 Å². The summed E-state index contributed by atoms with van der Waals surface area (Å²) in [4.78, 5) is 23.7. The van der Waals surface area contributed by atoms with E-state index in [-0.39, 0.29) is 6.54 Å². The Balaban J connectivity index is 1.61. The molecule has 0 saturated heterocycles. The van der Waals surface area contributed by atoms with Crippen molar-refractivity contribution in [1.82, 2.24) is 10.8 Å². The highest BCUT2D eigenvalue weighted by Crippen LogP contribution is 2.21. The molecule has 7 heteroatoms. The van der Waals surface area contributed by atoms with Gasteiger partial charge in [-0.25, -0.2) is 5.48 Å². The van der Waals surface area contributed by atoms with E-state index in [9.17, 15) is 9.59 Å². The summed E-state index contributed by atoms with van der Waals surface area (Å²) in [6, 6.07) is 24.3. The zero-order valence-corrected chi connectivity index (χ0v) is 16.3. The zero-order chi connectivity index (χ0) is 21.3. The molecule has 30 heavy (non-hydrogen) atoms. The first-order valence-electron chi connectivity index (χ1n) is 9.54. The monoisotopic (exact) mass is 404 g/mol. The molecule has 0 aliphatic heterocycles. The number of para-hydroxylation sites is 1. The van der Waals surface area contributed by atoms with Crippen LogP contribution < -0.4 is 21.8 Å². The number of hydrogen-bond acceptors (Lipinski definition) is 5. The average Bonchev–Trinajstić information content (AvgIpc) is 2.81. The fourth-order valence-corrected chi connectivity index (χ4v) is 2.94. The smallest absolute Gasteiger partial charge is 0.267 e. The molecule has 1 atom stereocenters. The quantitative estimate of drug-likeness (QED) is 0.292. The highest BCUT2D eigenvalue weighted by molar-refractivity contribution is 5.97. The molecule has 0 heterocycles. The summed E-state index contributed by atoms with van der Waals surface area (Å²) in [5.74, 6) is -1.20. The van der Waals surface area contributed by atoms with Gasteiger partial charge in [0.15, 0.2) is 0 Å². The molecule has 0 aromatic heterocycles. The van der Waals surface area contributed by atoms with Gasteiger partial charge in [0.1, 0.15) is 6.04 Å². The Morgan fingerprint density at radius 3 is 2.03 bits per heavy atom. The van der Waals surface area contributed by atoms with Crippen LogP contribution in [0.15, 0.2) is 78.9 Å². The molecule has 6 N–H and O–H groups in total. The molecule has 7 nitrogen and oxygen atoms in total. The molecule has 0 aliphatic carbocycles. The molecule has 154 valence electrons. The number of carbonyl (C=O) groups excluding carboxylic acids is 2. The van der Waals surface area contributed by atoms with Gasteiger partial charge in [-0.2, -0.15) is 0 Å². The lowest BCUT2D eigenvalue weighted by molar-refractivity contribution is -0.130. The normalized spacial score (nSPS) is 11.4. The van der Waals surface area contributed by atoms with Crippen LogP contribution in [0.1, 0.15) is 15.9 Å². The molecule has 0 radical (unpaired) electrons. The van der Waals surface area contributed by atoms with E-state index in [2.05, 4.69) is 22.8 Å². The van der Waals surface area contributed by atoms with Crippen molar-refractivity contribution >= 4 is 17.5 Å². The van der Waals surface area contributed by atoms with Gasteiger partial charge in [-0.3, -0.25) is 14.8 Å². The minimum Gasteiger partial charge on any atom is -0.381 e. The van der Waals surface area contributed by atoms with E-state index in [1.807, 2.05) is 54.6 Å². The van der Waals surface area contributed by atoms with Crippen molar-refractivity contribution in [3.8, 4) is 11.1 Å². The van der Waals surface area contributed by atoms with Crippen LogP contribution >= 0.6 is 0 Å². The van der Waals surface area contributed by atoms with E-state index in [4.69, 9.17) is 10.9 Å². The number of hydroxylamine groups is 1. The standard InChI is InChI=1S/C23H24N4O3/c24-14-21(23(29)27-30)26-22(28)19-12-10-18(11-13-19)17-8-6-16(7-9-17)15-25-20-4-2-1-3-5-20/h1-13,21,25,30H,14-15,24H2,(H,26,28)(H,27,29)/t21-/m0/s1. The Bertz CT molecular complexity index is 974. The Morgan fingerprint density at radius 2 is 1.47 bits per heavy atom. The van der Waals surface area contributed by atoms with E-state index >= 15 is 0 Å². The van der Waals surface area contributed by atoms with E-state index < -0.39 is 17.9 Å². The summed E-state index contributed by atoms with van der Waals surface area (Å²) in [6.07, 6.45) is 0. The van der Waals surface area contributed by atoms with Gasteiger partial charge in [0.2, 0.25) is 0 Å². The number of benzene rings is 3. The predicted octanol–water partition coefficient (Wildman–Crippen LogP) is 2.53. The first kappa shape index (κ1) is 21.0. The lowest BCUT2D eigenvalue weighted by Crippen LogP contribution is -2.50. The molecule has 0 fully saturated rings. The van der Waals surface area contributed by atoms with Gasteiger partial charge in [-0.05, 0) is 41.0 Å². The SMILES string of the molecule is NC[C@H](NC(=O)c1ccc(-c2ccc(CNc3ccccc3)cc2)cc1)C(=O)NO. The van der Waals surface area contributed by atoms with Gasteiger partial charge in [0.05, 0.1) is 0 Å². The number of nitrogens with two attached hydrogens (primary N) is 1. The van der Waals surface area contributed by atoms with Crippen LogP contribution in [0.25, 0.3) is 11.1 Å². The molecule has 0 spiro atoms. The van der Waals surface area contributed by atoms with Gasteiger partial charge in [-0.15, -0.1) is 0 Å². The van der Waals surface area contributed by atoms with Gasteiger partial charge >= 0.3 is 0 Å². The van der Waals surface area contributed by atoms with Gasteiger partial charge in [0.25, 0.3) is 11.8 Å². The second-order valence-corrected chi connectivity index (χ2v) is 6.73. The minimum atomic E-state index is -1.00. The van der Waals surface area contributed by atoms with Crippen molar-refractivity contribution in [2.45, 2.75) is 12.6 Å². The molecule has 2 amide bonds. The van der Waals surface area contributed by atoms with E-state index in [1.165, 1.54) is 5.48 Å². The largest absolute Gasteiger partial charge is 0.381 e. The average molecular weight is 404 g/mol. The lowest BCUT2D eigenvalue weighted by atomic mass is 10.0. The Morgan fingerprint density at radius 1 is 0.867 bits per heavy atom. The number of amides is 2. The molecule has 3 rings (SSSR count). The second kappa shape index (κ2) is 10.2. The summed E-state index contributed by atoms with van der Waals surface area (Å²) >= 11 is 0. The first-order valence-corrected chi connectivity index (χ1v) is 9.54. The highest BCUT2D eigenvalue weighted by atomic mass is 16.5. The fourth-order valence-electron chi connectivity index (χ4n) is 2.94. The predicted molar refractivity (Wildman–Crippen MR) is 116 cm³/mol. The van der Waals surface area contributed by atoms with E-state index in [0.717, 1.165) is 28.9 Å². The maximum absolute atomic E-state index is 12.3. The van der Waals surface area contributed by atoms with Crippen LogP contribution in [0.2, 0.25) is 0 Å². The Hall–Kier alpha value is -3.68. The Labute approximate surface area is 174 Å². The van der Waals surface area contributed by atoms with Crippen molar-refractivity contribution in [3.05, 3.63) is 90.0 Å². The molecular weight excluding hydrogens is 380 g/mol. The van der Waals surface area contributed by atoms with E-state index in [1.54, 1.807) is 12.1 Å². The zero-order valence-electron chi connectivity index (χ0n) is 16.3. The third-order valence-electron chi connectivity index (χ3n) is 4.67. The molecule has 3 aromatic rings. The summed E-state index contributed by atoms with van der Waals surface area (Å²) < 4.78 is 0. The summed E-state index contributed by atoms with van der Waals surface area (Å²) in [5, 5.41) is 14.5. The number of nitrogens with one attached hydrogen (secondary N) is 3. The second-order valence-electron chi connectivity index (χ2n) is 6.73. The first-order chi connectivity index (χ1) is 14.6. The third kappa shape index (κ3) is 5.44. The maximum atomic E-state index is 12.3. The summed E-state index contributed by atoms with van der Waals surface area (Å²) in [7, 11) is 0. The van der Waals surface area contributed by atoms with Gasteiger partial charge in [0, 0.05) is 24.3 Å².